The average Bonchev–Trinajstić information content (AvgIpc) is 2.41. The Kier molecular flexibility index (Phi) is 7.01. The lowest BCUT2D eigenvalue weighted by Gasteiger charge is -2.13. The third-order valence-electron chi connectivity index (χ3n) is 2.92. The molecular formula is C15H26N4O. The summed E-state index contributed by atoms with van der Waals surface area (Å²) in [5.74, 6) is -0.0603. The van der Waals surface area contributed by atoms with E-state index in [0.29, 0.717) is 12.1 Å². The van der Waals surface area contributed by atoms with Gasteiger partial charge in [-0.25, -0.2) is 0 Å². The molecule has 1 amide bonds. The van der Waals surface area contributed by atoms with Crippen LogP contribution in [0.1, 0.15) is 35.8 Å². The highest BCUT2D eigenvalue weighted by Gasteiger charge is 2.11. The van der Waals surface area contributed by atoms with Gasteiger partial charge in [0.05, 0.1) is 11.3 Å². The van der Waals surface area contributed by atoms with Gasteiger partial charge in [-0.05, 0) is 46.5 Å². The lowest BCUT2D eigenvalue weighted by atomic mass is 10.2. The van der Waals surface area contributed by atoms with E-state index >= 15 is 0 Å². The Balaban J connectivity index is 2.61. The molecule has 1 heterocycles. The van der Waals surface area contributed by atoms with Crippen molar-refractivity contribution in [3.05, 3.63) is 23.5 Å². The van der Waals surface area contributed by atoms with Crippen LogP contribution in [-0.2, 0) is 0 Å². The third kappa shape index (κ3) is 5.57. The molecule has 5 heteroatoms. The molecule has 0 aliphatic rings. The molecular weight excluding hydrogens is 252 g/mol. The molecule has 0 spiro atoms. The zero-order chi connectivity index (χ0) is 15.0. The van der Waals surface area contributed by atoms with Gasteiger partial charge in [-0.2, -0.15) is 0 Å². The van der Waals surface area contributed by atoms with Crippen molar-refractivity contribution < 1.29 is 4.79 Å². The number of hydrogen-bond acceptors (Lipinski definition) is 4. The Morgan fingerprint density at radius 2 is 2.10 bits per heavy atom. The first-order valence-electron chi connectivity index (χ1n) is 7.18. The topological polar surface area (TPSA) is 57.3 Å². The van der Waals surface area contributed by atoms with E-state index in [1.807, 2.05) is 27.1 Å². The minimum Gasteiger partial charge on any atom is -0.384 e. The second-order valence-electron chi connectivity index (χ2n) is 5.21. The quantitative estimate of drug-likeness (QED) is 0.713. The predicted octanol–water partition coefficient (Wildman–Crippen LogP) is 1.89. The molecule has 0 saturated heterocycles. The number of carbonyl (C=O) groups excluding carboxylic acids is 1. The first-order chi connectivity index (χ1) is 9.54. The highest BCUT2D eigenvalue weighted by molar-refractivity contribution is 5.99. The number of nitrogens with one attached hydrogen (secondary N) is 2. The summed E-state index contributed by atoms with van der Waals surface area (Å²) in [7, 11) is 4.05. The van der Waals surface area contributed by atoms with Crippen molar-refractivity contribution in [3.63, 3.8) is 0 Å². The second kappa shape index (κ2) is 8.53. The van der Waals surface area contributed by atoms with E-state index in [-0.39, 0.29) is 5.91 Å². The van der Waals surface area contributed by atoms with Gasteiger partial charge in [0.25, 0.3) is 5.91 Å². The molecule has 1 rings (SSSR count). The Hall–Kier alpha value is -1.62. The standard InChI is InChI=1S/C15H26N4O/c1-5-7-16-14-10-12(2)18-11-13(14)15(20)17-8-6-9-19(3)4/h10-11H,5-9H2,1-4H3,(H,16,18)(H,17,20). The lowest BCUT2D eigenvalue weighted by molar-refractivity contribution is 0.0952. The Bertz CT molecular complexity index is 432. The van der Waals surface area contributed by atoms with Crippen LogP contribution in [0.2, 0.25) is 0 Å². The van der Waals surface area contributed by atoms with Crippen molar-refractivity contribution in [2.75, 3.05) is 39.0 Å². The molecule has 1 aromatic heterocycles. The van der Waals surface area contributed by atoms with E-state index in [9.17, 15) is 4.79 Å². The summed E-state index contributed by atoms with van der Waals surface area (Å²) in [6, 6.07) is 1.92. The summed E-state index contributed by atoms with van der Waals surface area (Å²) in [5.41, 5.74) is 2.39. The molecule has 5 nitrogen and oxygen atoms in total. The Morgan fingerprint density at radius 3 is 2.75 bits per heavy atom. The Morgan fingerprint density at radius 1 is 1.35 bits per heavy atom. The maximum Gasteiger partial charge on any atom is 0.254 e. The number of amides is 1. The van der Waals surface area contributed by atoms with E-state index < -0.39 is 0 Å². The number of pyridine rings is 1. The van der Waals surface area contributed by atoms with Gasteiger partial charge < -0.3 is 15.5 Å². The third-order valence-corrected chi connectivity index (χ3v) is 2.92. The molecule has 112 valence electrons. The van der Waals surface area contributed by atoms with Crippen molar-refractivity contribution in [2.45, 2.75) is 26.7 Å². The van der Waals surface area contributed by atoms with E-state index in [0.717, 1.165) is 37.3 Å². The minimum atomic E-state index is -0.0603. The van der Waals surface area contributed by atoms with Crippen LogP contribution in [0.4, 0.5) is 5.69 Å². The zero-order valence-corrected chi connectivity index (χ0v) is 13.0. The van der Waals surface area contributed by atoms with Gasteiger partial charge in [-0.1, -0.05) is 6.92 Å². The molecule has 0 bridgehead atoms. The molecule has 0 saturated carbocycles. The normalized spacial score (nSPS) is 10.7. The van der Waals surface area contributed by atoms with Gasteiger partial charge in [-0.15, -0.1) is 0 Å². The highest BCUT2D eigenvalue weighted by Crippen LogP contribution is 2.15. The van der Waals surface area contributed by atoms with Crippen molar-refractivity contribution in [1.29, 1.82) is 0 Å². The van der Waals surface area contributed by atoms with E-state index in [1.54, 1.807) is 6.20 Å². The van der Waals surface area contributed by atoms with E-state index in [2.05, 4.69) is 27.4 Å². The van der Waals surface area contributed by atoms with Crippen LogP contribution in [-0.4, -0.2) is 49.5 Å². The molecule has 0 atom stereocenters. The van der Waals surface area contributed by atoms with Gasteiger partial charge >= 0.3 is 0 Å². The lowest BCUT2D eigenvalue weighted by Crippen LogP contribution is -2.28. The molecule has 0 radical (unpaired) electrons. The first-order valence-corrected chi connectivity index (χ1v) is 7.18. The van der Waals surface area contributed by atoms with Crippen LogP contribution >= 0.6 is 0 Å². The van der Waals surface area contributed by atoms with Crippen molar-refractivity contribution in [1.82, 2.24) is 15.2 Å². The van der Waals surface area contributed by atoms with Crippen LogP contribution in [0.3, 0.4) is 0 Å². The fraction of sp³-hybridized carbons (Fsp3) is 0.600. The predicted molar refractivity (Wildman–Crippen MR) is 83.3 cm³/mol. The van der Waals surface area contributed by atoms with Gasteiger partial charge in [0, 0.05) is 25.0 Å². The molecule has 0 fully saturated rings. The van der Waals surface area contributed by atoms with Gasteiger partial charge in [0.1, 0.15) is 0 Å². The molecule has 20 heavy (non-hydrogen) atoms. The summed E-state index contributed by atoms with van der Waals surface area (Å²) in [5, 5.41) is 6.23. The minimum absolute atomic E-state index is 0.0603. The number of hydrogen-bond donors (Lipinski definition) is 2. The summed E-state index contributed by atoms with van der Waals surface area (Å²) < 4.78 is 0. The number of rotatable bonds is 8. The summed E-state index contributed by atoms with van der Waals surface area (Å²) in [6.45, 7) is 6.52. The number of anilines is 1. The summed E-state index contributed by atoms with van der Waals surface area (Å²) in [6.07, 6.45) is 3.61. The number of carbonyl (C=O) groups is 1. The number of aryl methyl sites for hydroxylation is 1. The van der Waals surface area contributed by atoms with Crippen LogP contribution in [0, 0.1) is 6.92 Å². The van der Waals surface area contributed by atoms with Crippen LogP contribution in [0.15, 0.2) is 12.3 Å². The number of aromatic nitrogens is 1. The van der Waals surface area contributed by atoms with Crippen LogP contribution in [0.5, 0.6) is 0 Å². The van der Waals surface area contributed by atoms with E-state index in [4.69, 9.17) is 0 Å². The summed E-state index contributed by atoms with van der Waals surface area (Å²) in [4.78, 5) is 18.5. The summed E-state index contributed by atoms with van der Waals surface area (Å²) >= 11 is 0. The average molecular weight is 278 g/mol. The van der Waals surface area contributed by atoms with Crippen molar-refractivity contribution >= 4 is 11.6 Å². The van der Waals surface area contributed by atoms with Crippen molar-refractivity contribution in [2.24, 2.45) is 0 Å². The number of nitrogens with zero attached hydrogens (tertiary/aromatic N) is 2. The molecule has 0 aliphatic heterocycles. The van der Waals surface area contributed by atoms with Gasteiger partial charge in [-0.3, -0.25) is 9.78 Å². The first kappa shape index (κ1) is 16.4. The SMILES string of the molecule is CCCNc1cc(C)ncc1C(=O)NCCCN(C)C. The van der Waals surface area contributed by atoms with E-state index in [1.165, 1.54) is 0 Å². The molecule has 2 N–H and O–H groups in total. The molecule has 0 aliphatic carbocycles. The van der Waals surface area contributed by atoms with Crippen LogP contribution < -0.4 is 10.6 Å². The monoisotopic (exact) mass is 278 g/mol. The highest BCUT2D eigenvalue weighted by atomic mass is 16.1. The largest absolute Gasteiger partial charge is 0.384 e. The van der Waals surface area contributed by atoms with Crippen LogP contribution in [0.25, 0.3) is 0 Å². The molecule has 0 unspecified atom stereocenters. The maximum atomic E-state index is 12.2. The zero-order valence-electron chi connectivity index (χ0n) is 13.0. The molecule has 1 aromatic rings. The molecule has 0 aromatic carbocycles. The van der Waals surface area contributed by atoms with Gasteiger partial charge in [0.2, 0.25) is 0 Å². The Labute approximate surface area is 121 Å². The smallest absolute Gasteiger partial charge is 0.254 e. The maximum absolute atomic E-state index is 12.2. The van der Waals surface area contributed by atoms with Crippen molar-refractivity contribution in [3.8, 4) is 0 Å². The fourth-order valence-electron chi connectivity index (χ4n) is 1.84. The van der Waals surface area contributed by atoms with Gasteiger partial charge in [0.15, 0.2) is 0 Å². The fourth-order valence-corrected chi connectivity index (χ4v) is 1.84. The second-order valence-corrected chi connectivity index (χ2v) is 5.21.